The first kappa shape index (κ1) is 80.5. The predicted molar refractivity (Wildman–Crippen MR) is 28.4 cm³/mol. The van der Waals surface area contributed by atoms with E-state index in [0.29, 0.717) is 0 Å². The van der Waals surface area contributed by atoms with Gasteiger partial charge in [-0.25, -0.2) is 0 Å². The van der Waals surface area contributed by atoms with Gasteiger partial charge in [0.05, 0.1) is 0 Å². The number of hydrogen-bond acceptors (Lipinski definition) is 0. The molecule has 0 amide bonds. The molecule has 4 heteroatoms. The van der Waals surface area contributed by atoms with E-state index in [4.69, 9.17) is 0 Å². The predicted octanol–water partition coefficient (Wildman–Crippen LogP) is -0.708. The molecule has 0 fully saturated rings. The summed E-state index contributed by atoms with van der Waals surface area (Å²) in [6.07, 6.45) is 0. The fourth-order valence-electron chi connectivity index (χ4n) is 0. The Labute approximate surface area is 65.9 Å². The number of rotatable bonds is 0. The number of hydrogen-bond donors (Lipinski definition) is 0. The first-order chi connectivity index (χ1) is 0. The molecular formula is CH10CuMnSSi. The Kier molecular flexibility index (Phi) is 742. The fraction of sp³-hybridized carbons (Fsp3) is 1.00. The van der Waals surface area contributed by atoms with Crippen molar-refractivity contribution in [3.8, 4) is 0 Å². The van der Waals surface area contributed by atoms with Crippen LogP contribution in [-0.2, 0) is 34.1 Å². The maximum atomic E-state index is 0. The van der Waals surface area contributed by atoms with Crippen LogP contribution in [-0.4, -0.2) is 11.0 Å². The molecule has 0 aromatic heterocycles. The van der Waals surface area contributed by atoms with E-state index in [2.05, 4.69) is 0 Å². The van der Waals surface area contributed by atoms with Gasteiger partial charge in [0, 0.05) is 34.1 Å². The van der Waals surface area contributed by atoms with Gasteiger partial charge in [0.15, 0.2) is 0 Å². The Hall–Kier alpha value is 1.61. The van der Waals surface area contributed by atoms with Crippen LogP contribution in [0.1, 0.15) is 7.43 Å². The van der Waals surface area contributed by atoms with Crippen LogP contribution in [0.5, 0.6) is 0 Å². The second-order valence-electron chi connectivity index (χ2n) is 0. The zero-order valence-electron chi connectivity index (χ0n) is 1.18. The normalized spacial score (nSPS) is 0. The third-order valence-corrected chi connectivity index (χ3v) is 0. The van der Waals surface area contributed by atoms with Gasteiger partial charge in [-0.3, -0.25) is 0 Å². The molecule has 0 heterocycles. The van der Waals surface area contributed by atoms with E-state index in [-0.39, 0.29) is 66.0 Å². The van der Waals surface area contributed by atoms with Gasteiger partial charge >= 0.3 is 0 Å². The van der Waals surface area contributed by atoms with Gasteiger partial charge in [-0.1, -0.05) is 7.43 Å². The minimum atomic E-state index is 0. The summed E-state index contributed by atoms with van der Waals surface area (Å²) in [6, 6.07) is 0. The van der Waals surface area contributed by atoms with Crippen molar-refractivity contribution in [1.29, 1.82) is 0 Å². The van der Waals surface area contributed by atoms with Crippen molar-refractivity contribution < 1.29 is 34.1 Å². The van der Waals surface area contributed by atoms with Crippen LogP contribution in [0.25, 0.3) is 0 Å². The van der Waals surface area contributed by atoms with E-state index in [1.54, 1.807) is 0 Å². The molecule has 2 radical (unpaired) electrons. The molecule has 0 unspecified atom stereocenters. The topological polar surface area (TPSA) is 0 Å². The van der Waals surface area contributed by atoms with Crippen LogP contribution >= 0.6 is 13.5 Å². The molecule has 0 bridgehead atoms. The van der Waals surface area contributed by atoms with Crippen LogP contribution in [0.4, 0.5) is 0 Å². The second-order valence-corrected chi connectivity index (χ2v) is 0. The quantitative estimate of drug-likeness (QED) is 0.454. The molecule has 0 aliphatic rings. The Morgan fingerprint density at radius 2 is 1.00 bits per heavy atom. The monoisotopic (exact) mass is 200 g/mol. The van der Waals surface area contributed by atoms with Gasteiger partial charge in [0.25, 0.3) is 0 Å². The van der Waals surface area contributed by atoms with Crippen molar-refractivity contribution in [3.63, 3.8) is 0 Å². The standard InChI is InChI=1S/CH4.Cu.Mn.H2S.H4Si/h1H4;;;1H2;1H4. The maximum absolute atomic E-state index is 0. The first-order valence-electron chi connectivity index (χ1n) is 0. The van der Waals surface area contributed by atoms with Gasteiger partial charge in [-0.15, -0.1) is 0 Å². The zero-order chi connectivity index (χ0) is 0. The molecule has 42 valence electrons. The summed E-state index contributed by atoms with van der Waals surface area (Å²) in [7, 11) is 0. The van der Waals surface area contributed by atoms with E-state index in [1.165, 1.54) is 0 Å². The molecule has 0 rings (SSSR count). The van der Waals surface area contributed by atoms with Crippen molar-refractivity contribution in [1.82, 2.24) is 0 Å². The van der Waals surface area contributed by atoms with Crippen LogP contribution in [0.3, 0.4) is 0 Å². The first-order valence-corrected chi connectivity index (χ1v) is 0. The summed E-state index contributed by atoms with van der Waals surface area (Å²) >= 11 is 0. The second kappa shape index (κ2) is 46.1. The average molecular weight is 201 g/mol. The molecule has 0 aromatic rings. The summed E-state index contributed by atoms with van der Waals surface area (Å²) in [5, 5.41) is 0. The van der Waals surface area contributed by atoms with Crippen LogP contribution in [0.2, 0.25) is 0 Å². The molecule has 0 aliphatic carbocycles. The Morgan fingerprint density at radius 3 is 1.00 bits per heavy atom. The summed E-state index contributed by atoms with van der Waals surface area (Å²) in [5.74, 6) is 0. The smallest absolute Gasteiger partial charge is 0 e. The van der Waals surface area contributed by atoms with E-state index in [9.17, 15) is 0 Å². The Bertz CT molecular complexity index is 11.6. The van der Waals surface area contributed by atoms with Crippen molar-refractivity contribution in [2.45, 2.75) is 7.43 Å². The van der Waals surface area contributed by atoms with E-state index >= 15 is 0 Å². The van der Waals surface area contributed by atoms with Gasteiger partial charge in [0.1, 0.15) is 0 Å². The molecule has 0 spiro atoms. The Morgan fingerprint density at radius 1 is 1.00 bits per heavy atom. The third kappa shape index (κ3) is 28.3. The molecule has 0 N–H and O–H groups in total. The average Bonchev–Trinajstić information content (AvgIpc) is 0. The molecule has 0 nitrogen and oxygen atoms in total. The Balaban J connectivity index is 0. The van der Waals surface area contributed by atoms with E-state index in [0.717, 1.165) is 0 Å². The van der Waals surface area contributed by atoms with Gasteiger partial charge < -0.3 is 0 Å². The van der Waals surface area contributed by atoms with Crippen LogP contribution < -0.4 is 0 Å². The van der Waals surface area contributed by atoms with Gasteiger partial charge in [-0.05, 0) is 11.0 Å². The summed E-state index contributed by atoms with van der Waals surface area (Å²) < 4.78 is 0. The maximum Gasteiger partial charge on any atom is 0 e. The van der Waals surface area contributed by atoms with Gasteiger partial charge in [-0.2, -0.15) is 13.5 Å². The largest absolute Gasteiger partial charge is 0.197 e. The molecule has 5 heavy (non-hydrogen) atoms. The molecule has 0 saturated heterocycles. The summed E-state index contributed by atoms with van der Waals surface area (Å²) in [5.41, 5.74) is 0. The third-order valence-electron chi connectivity index (χ3n) is 0. The van der Waals surface area contributed by atoms with Crippen molar-refractivity contribution in [2.75, 3.05) is 0 Å². The molecular weight excluding hydrogens is 191 g/mol. The minimum absolute atomic E-state index is 0. The van der Waals surface area contributed by atoms with Crippen molar-refractivity contribution in [2.24, 2.45) is 0 Å². The SMILES string of the molecule is C.S.[Cu].[Mn].[SiH4]. The van der Waals surface area contributed by atoms with Crippen LogP contribution in [0, 0.1) is 0 Å². The van der Waals surface area contributed by atoms with Crippen molar-refractivity contribution >= 4 is 24.5 Å². The molecule has 0 atom stereocenters. The van der Waals surface area contributed by atoms with Crippen LogP contribution in [0.15, 0.2) is 0 Å². The van der Waals surface area contributed by atoms with E-state index in [1.807, 2.05) is 0 Å². The zero-order valence-corrected chi connectivity index (χ0v) is 4.30. The van der Waals surface area contributed by atoms with Crippen molar-refractivity contribution in [3.05, 3.63) is 0 Å². The summed E-state index contributed by atoms with van der Waals surface area (Å²) in [4.78, 5) is 0. The molecule has 0 aliphatic heterocycles. The molecule has 0 saturated carbocycles. The molecule has 0 aromatic carbocycles. The fourth-order valence-corrected chi connectivity index (χ4v) is 0. The summed E-state index contributed by atoms with van der Waals surface area (Å²) in [6.45, 7) is 0. The van der Waals surface area contributed by atoms with Gasteiger partial charge in [0.2, 0.25) is 0 Å². The van der Waals surface area contributed by atoms with E-state index < -0.39 is 0 Å². The minimum Gasteiger partial charge on any atom is -0.197 e.